The van der Waals surface area contributed by atoms with Gasteiger partial charge in [0.2, 0.25) is 0 Å². The molecule has 0 unspecified atom stereocenters. The zero-order valence-electron chi connectivity index (χ0n) is 13.2. The predicted octanol–water partition coefficient (Wildman–Crippen LogP) is 1.77. The molecule has 1 saturated heterocycles. The first-order valence-corrected chi connectivity index (χ1v) is 7.47. The number of nitrogens with one attached hydrogen (secondary N) is 2. The Morgan fingerprint density at radius 2 is 2.05 bits per heavy atom. The number of nitrogen functional groups attached to an aromatic ring is 1. The lowest BCUT2D eigenvalue weighted by Gasteiger charge is -2.38. The zero-order valence-corrected chi connectivity index (χ0v) is 13.2. The number of carbonyl (C=O) groups excluding carboxylic acids is 1. The molecule has 4 N–H and O–H groups in total. The third-order valence-corrected chi connectivity index (χ3v) is 4.42. The molecule has 1 aliphatic heterocycles. The molecule has 0 atom stereocenters. The van der Waals surface area contributed by atoms with Gasteiger partial charge in [-0.2, -0.15) is 0 Å². The summed E-state index contributed by atoms with van der Waals surface area (Å²) in [4.78, 5) is 14.3. The van der Waals surface area contributed by atoms with Crippen LogP contribution >= 0.6 is 0 Å². The zero-order chi connectivity index (χ0) is 15.5. The second-order valence-corrected chi connectivity index (χ2v) is 6.35. The lowest BCUT2D eigenvalue weighted by Crippen LogP contribution is -2.40. The monoisotopic (exact) mass is 290 g/mol. The standard InChI is InChI=1S/C16H26N4O/c1-16(6-8-20(3)9-7-16)11-19-14-10-12(17)4-5-13(14)15(21)18-2/h4-5,10,19H,6-9,11,17H2,1-3H3,(H,18,21). The van der Waals surface area contributed by atoms with Gasteiger partial charge in [-0.25, -0.2) is 0 Å². The van der Waals surface area contributed by atoms with Gasteiger partial charge in [-0.1, -0.05) is 6.92 Å². The Morgan fingerprint density at radius 1 is 1.38 bits per heavy atom. The fourth-order valence-corrected chi connectivity index (χ4v) is 2.68. The highest BCUT2D eigenvalue weighted by Crippen LogP contribution is 2.31. The van der Waals surface area contributed by atoms with Gasteiger partial charge in [-0.05, 0) is 56.6 Å². The van der Waals surface area contributed by atoms with E-state index in [0.29, 0.717) is 11.3 Å². The van der Waals surface area contributed by atoms with E-state index in [1.165, 1.54) is 0 Å². The maximum absolute atomic E-state index is 11.9. The summed E-state index contributed by atoms with van der Waals surface area (Å²) >= 11 is 0. The van der Waals surface area contributed by atoms with E-state index in [1.54, 1.807) is 19.2 Å². The van der Waals surface area contributed by atoms with Crippen LogP contribution in [0, 0.1) is 5.41 Å². The molecule has 0 aromatic heterocycles. The van der Waals surface area contributed by atoms with Crippen LogP contribution in [-0.4, -0.2) is 44.5 Å². The minimum Gasteiger partial charge on any atom is -0.399 e. The minimum absolute atomic E-state index is 0.0916. The molecule has 1 fully saturated rings. The maximum atomic E-state index is 11.9. The first kappa shape index (κ1) is 15.6. The molecule has 0 saturated carbocycles. The molecule has 5 heteroatoms. The minimum atomic E-state index is -0.0916. The van der Waals surface area contributed by atoms with Crippen molar-refractivity contribution in [1.82, 2.24) is 10.2 Å². The van der Waals surface area contributed by atoms with Gasteiger partial charge in [0.05, 0.1) is 5.56 Å². The molecule has 0 aliphatic carbocycles. The van der Waals surface area contributed by atoms with Crippen molar-refractivity contribution in [2.75, 3.05) is 44.8 Å². The van der Waals surface area contributed by atoms with Crippen LogP contribution in [0.5, 0.6) is 0 Å². The Morgan fingerprint density at radius 3 is 2.67 bits per heavy atom. The fraction of sp³-hybridized carbons (Fsp3) is 0.562. The predicted molar refractivity (Wildman–Crippen MR) is 87.6 cm³/mol. The molecule has 1 aliphatic rings. The molecule has 5 nitrogen and oxygen atoms in total. The molecule has 116 valence electrons. The first-order chi connectivity index (χ1) is 9.93. The van der Waals surface area contributed by atoms with Gasteiger partial charge in [-0.15, -0.1) is 0 Å². The molecule has 1 aromatic rings. The van der Waals surface area contributed by atoms with Crippen molar-refractivity contribution in [3.63, 3.8) is 0 Å². The number of likely N-dealkylation sites (tertiary alicyclic amines) is 1. The Balaban J connectivity index is 2.08. The van der Waals surface area contributed by atoms with Gasteiger partial charge >= 0.3 is 0 Å². The van der Waals surface area contributed by atoms with Gasteiger partial charge in [0.1, 0.15) is 0 Å². The number of hydrogen-bond donors (Lipinski definition) is 3. The van der Waals surface area contributed by atoms with E-state index in [-0.39, 0.29) is 11.3 Å². The van der Waals surface area contributed by atoms with Crippen LogP contribution in [-0.2, 0) is 0 Å². The number of anilines is 2. The summed E-state index contributed by atoms with van der Waals surface area (Å²) in [5.41, 5.74) is 8.23. The first-order valence-electron chi connectivity index (χ1n) is 7.47. The van der Waals surface area contributed by atoms with E-state index in [2.05, 4.69) is 29.5 Å². The average Bonchev–Trinajstić information content (AvgIpc) is 2.48. The van der Waals surface area contributed by atoms with Gasteiger partial charge in [-0.3, -0.25) is 4.79 Å². The van der Waals surface area contributed by atoms with Crippen LogP contribution in [0.15, 0.2) is 18.2 Å². The second kappa shape index (κ2) is 6.35. The summed E-state index contributed by atoms with van der Waals surface area (Å²) < 4.78 is 0. The van der Waals surface area contributed by atoms with Crippen molar-refractivity contribution in [2.24, 2.45) is 5.41 Å². The molecule has 1 amide bonds. The fourth-order valence-electron chi connectivity index (χ4n) is 2.68. The maximum Gasteiger partial charge on any atom is 0.253 e. The van der Waals surface area contributed by atoms with E-state index in [4.69, 9.17) is 5.73 Å². The van der Waals surface area contributed by atoms with Gasteiger partial charge in [0.25, 0.3) is 5.91 Å². The molecule has 1 aromatic carbocycles. The van der Waals surface area contributed by atoms with Crippen LogP contribution in [0.25, 0.3) is 0 Å². The molecule has 21 heavy (non-hydrogen) atoms. The molecule has 0 bridgehead atoms. The summed E-state index contributed by atoms with van der Waals surface area (Å²) in [6.45, 7) is 5.40. The number of benzene rings is 1. The van der Waals surface area contributed by atoms with Crippen molar-refractivity contribution in [3.05, 3.63) is 23.8 Å². The normalized spacial score (nSPS) is 18.2. The van der Waals surface area contributed by atoms with Crippen molar-refractivity contribution in [1.29, 1.82) is 0 Å². The van der Waals surface area contributed by atoms with Crippen LogP contribution < -0.4 is 16.4 Å². The number of carbonyl (C=O) groups is 1. The smallest absolute Gasteiger partial charge is 0.253 e. The summed E-state index contributed by atoms with van der Waals surface area (Å²) in [6, 6.07) is 5.36. The van der Waals surface area contributed by atoms with E-state index in [1.807, 2.05) is 6.07 Å². The highest BCUT2D eigenvalue weighted by molar-refractivity contribution is 6.00. The molecular formula is C16H26N4O. The van der Waals surface area contributed by atoms with Crippen molar-refractivity contribution in [3.8, 4) is 0 Å². The Hall–Kier alpha value is -1.75. The van der Waals surface area contributed by atoms with Crippen LogP contribution in [0.2, 0.25) is 0 Å². The van der Waals surface area contributed by atoms with Crippen LogP contribution in [0.1, 0.15) is 30.1 Å². The molecule has 1 heterocycles. The average molecular weight is 290 g/mol. The van der Waals surface area contributed by atoms with Crippen molar-refractivity contribution in [2.45, 2.75) is 19.8 Å². The van der Waals surface area contributed by atoms with Gasteiger partial charge < -0.3 is 21.3 Å². The Labute approximate surface area is 126 Å². The lowest BCUT2D eigenvalue weighted by molar-refractivity contribution is 0.0963. The summed E-state index contributed by atoms with van der Waals surface area (Å²) in [5, 5.41) is 6.10. The highest BCUT2D eigenvalue weighted by Gasteiger charge is 2.28. The quantitative estimate of drug-likeness (QED) is 0.739. The summed E-state index contributed by atoms with van der Waals surface area (Å²) in [6.07, 6.45) is 2.32. The molecule has 2 rings (SSSR count). The van der Waals surface area contributed by atoms with Crippen LogP contribution in [0.4, 0.5) is 11.4 Å². The molecule has 0 radical (unpaired) electrons. The third kappa shape index (κ3) is 3.88. The Kier molecular flexibility index (Phi) is 4.73. The topological polar surface area (TPSA) is 70.4 Å². The third-order valence-electron chi connectivity index (χ3n) is 4.42. The van der Waals surface area contributed by atoms with E-state index in [9.17, 15) is 4.79 Å². The molecule has 0 spiro atoms. The largest absolute Gasteiger partial charge is 0.399 e. The summed E-state index contributed by atoms with van der Waals surface area (Å²) in [7, 11) is 3.80. The lowest BCUT2D eigenvalue weighted by atomic mass is 9.80. The number of piperidine rings is 1. The molecular weight excluding hydrogens is 264 g/mol. The van der Waals surface area contributed by atoms with E-state index < -0.39 is 0 Å². The Bertz CT molecular complexity index is 507. The number of amides is 1. The number of hydrogen-bond acceptors (Lipinski definition) is 4. The number of nitrogens with zero attached hydrogens (tertiary/aromatic N) is 1. The SMILES string of the molecule is CNC(=O)c1ccc(N)cc1NCC1(C)CCN(C)CC1. The second-order valence-electron chi connectivity index (χ2n) is 6.35. The van der Waals surface area contributed by atoms with E-state index >= 15 is 0 Å². The van der Waals surface area contributed by atoms with Crippen molar-refractivity contribution < 1.29 is 4.79 Å². The van der Waals surface area contributed by atoms with Crippen LogP contribution in [0.3, 0.4) is 0 Å². The number of rotatable bonds is 4. The van der Waals surface area contributed by atoms with E-state index in [0.717, 1.165) is 38.2 Å². The number of nitrogens with two attached hydrogens (primary N) is 1. The van der Waals surface area contributed by atoms with Crippen molar-refractivity contribution >= 4 is 17.3 Å². The van der Waals surface area contributed by atoms with Gasteiger partial charge in [0.15, 0.2) is 0 Å². The highest BCUT2D eigenvalue weighted by atomic mass is 16.1. The summed E-state index contributed by atoms with van der Waals surface area (Å²) in [5.74, 6) is -0.0916. The van der Waals surface area contributed by atoms with Gasteiger partial charge in [0, 0.05) is 25.0 Å².